The summed E-state index contributed by atoms with van der Waals surface area (Å²) in [5, 5.41) is 5.13. The van der Waals surface area contributed by atoms with Crippen molar-refractivity contribution in [3.63, 3.8) is 0 Å². The molecule has 0 unspecified atom stereocenters. The number of rotatable bonds is 0. The zero-order chi connectivity index (χ0) is 8.72. The van der Waals surface area contributed by atoms with E-state index in [0.717, 1.165) is 11.1 Å². The van der Waals surface area contributed by atoms with E-state index < -0.39 is 0 Å². The third-order valence-electron chi connectivity index (χ3n) is 1.79. The SMILES string of the molecule is Cc1noc2c(Cl)c(N)ccc12. The Labute approximate surface area is 74.1 Å². The van der Waals surface area contributed by atoms with Gasteiger partial charge in [-0.25, -0.2) is 0 Å². The van der Waals surface area contributed by atoms with Crippen LogP contribution >= 0.6 is 11.6 Å². The normalized spacial score (nSPS) is 10.8. The van der Waals surface area contributed by atoms with Crippen LogP contribution in [0, 0.1) is 6.92 Å². The molecule has 0 radical (unpaired) electrons. The van der Waals surface area contributed by atoms with Crippen LogP contribution in [0.1, 0.15) is 5.69 Å². The van der Waals surface area contributed by atoms with E-state index in [0.29, 0.717) is 16.3 Å². The molecule has 0 saturated carbocycles. The van der Waals surface area contributed by atoms with E-state index >= 15 is 0 Å². The number of benzene rings is 1. The van der Waals surface area contributed by atoms with Gasteiger partial charge in [-0.2, -0.15) is 0 Å². The fourth-order valence-corrected chi connectivity index (χ4v) is 1.31. The minimum Gasteiger partial charge on any atom is -0.397 e. The summed E-state index contributed by atoms with van der Waals surface area (Å²) in [5.74, 6) is 0. The second-order valence-corrected chi connectivity index (χ2v) is 2.99. The van der Waals surface area contributed by atoms with Gasteiger partial charge in [-0.1, -0.05) is 16.8 Å². The van der Waals surface area contributed by atoms with Crippen LogP contribution in [0.2, 0.25) is 5.02 Å². The molecule has 1 aromatic heterocycles. The van der Waals surface area contributed by atoms with Crippen LogP contribution in [-0.2, 0) is 0 Å². The fourth-order valence-electron chi connectivity index (χ4n) is 1.11. The average molecular weight is 183 g/mol. The maximum atomic E-state index is 5.88. The Morgan fingerprint density at radius 1 is 1.50 bits per heavy atom. The Bertz CT molecular complexity index is 436. The van der Waals surface area contributed by atoms with Crippen molar-refractivity contribution in [2.75, 3.05) is 5.73 Å². The number of nitrogens with zero attached hydrogens (tertiary/aromatic N) is 1. The van der Waals surface area contributed by atoms with E-state index in [1.54, 1.807) is 6.07 Å². The second kappa shape index (κ2) is 2.38. The van der Waals surface area contributed by atoms with Gasteiger partial charge in [0, 0.05) is 5.39 Å². The predicted octanol–water partition coefficient (Wildman–Crippen LogP) is 2.37. The quantitative estimate of drug-likeness (QED) is 0.637. The maximum absolute atomic E-state index is 5.88. The summed E-state index contributed by atoms with van der Waals surface area (Å²) in [5.41, 5.74) is 7.48. The topological polar surface area (TPSA) is 52.0 Å². The smallest absolute Gasteiger partial charge is 0.187 e. The van der Waals surface area contributed by atoms with E-state index in [1.807, 2.05) is 13.0 Å². The highest BCUT2D eigenvalue weighted by Gasteiger charge is 2.09. The van der Waals surface area contributed by atoms with E-state index in [4.69, 9.17) is 21.9 Å². The third kappa shape index (κ3) is 0.865. The minimum atomic E-state index is 0.438. The predicted molar refractivity (Wildman–Crippen MR) is 48.2 cm³/mol. The number of nitrogens with two attached hydrogens (primary N) is 1. The molecule has 0 amide bonds. The summed E-state index contributed by atoms with van der Waals surface area (Å²) in [6.45, 7) is 1.86. The highest BCUT2D eigenvalue weighted by atomic mass is 35.5. The monoisotopic (exact) mass is 182 g/mol. The van der Waals surface area contributed by atoms with Crippen molar-refractivity contribution >= 4 is 28.3 Å². The molecular formula is C8H7ClN2O. The first-order valence-electron chi connectivity index (χ1n) is 3.50. The van der Waals surface area contributed by atoms with Gasteiger partial charge in [0.2, 0.25) is 0 Å². The Hall–Kier alpha value is -1.22. The molecule has 0 spiro atoms. The fraction of sp³-hybridized carbons (Fsp3) is 0.125. The molecule has 0 aliphatic carbocycles. The molecule has 0 bridgehead atoms. The lowest BCUT2D eigenvalue weighted by Crippen LogP contribution is -1.85. The van der Waals surface area contributed by atoms with Crippen LogP contribution in [0.15, 0.2) is 16.7 Å². The van der Waals surface area contributed by atoms with Gasteiger partial charge < -0.3 is 10.3 Å². The standard InChI is InChI=1S/C8H7ClN2O/c1-4-5-2-3-6(10)7(9)8(5)12-11-4/h2-3H,10H2,1H3. The summed E-state index contributed by atoms with van der Waals surface area (Å²) >= 11 is 5.88. The third-order valence-corrected chi connectivity index (χ3v) is 2.18. The second-order valence-electron chi connectivity index (χ2n) is 2.61. The lowest BCUT2D eigenvalue weighted by Gasteiger charge is -1.95. The molecule has 0 fully saturated rings. The molecular weight excluding hydrogens is 176 g/mol. The van der Waals surface area contributed by atoms with Gasteiger partial charge in [-0.15, -0.1) is 0 Å². The van der Waals surface area contributed by atoms with Gasteiger partial charge in [0.25, 0.3) is 0 Å². The molecule has 0 aliphatic rings. The van der Waals surface area contributed by atoms with Gasteiger partial charge in [-0.05, 0) is 19.1 Å². The maximum Gasteiger partial charge on any atom is 0.187 e. The summed E-state index contributed by atoms with van der Waals surface area (Å²) in [7, 11) is 0. The molecule has 3 nitrogen and oxygen atoms in total. The van der Waals surface area contributed by atoms with E-state index in [2.05, 4.69) is 5.16 Å². The number of hydrogen-bond acceptors (Lipinski definition) is 3. The van der Waals surface area contributed by atoms with Crippen molar-refractivity contribution in [2.45, 2.75) is 6.92 Å². The van der Waals surface area contributed by atoms with Crippen LogP contribution in [0.25, 0.3) is 11.0 Å². The first kappa shape index (κ1) is 7.43. The Morgan fingerprint density at radius 3 is 3.00 bits per heavy atom. The van der Waals surface area contributed by atoms with Crippen LogP contribution in [-0.4, -0.2) is 5.16 Å². The number of aromatic nitrogens is 1. The first-order valence-corrected chi connectivity index (χ1v) is 3.88. The molecule has 1 aromatic carbocycles. The summed E-state index contributed by atoms with van der Waals surface area (Å²) < 4.78 is 5.00. The zero-order valence-corrected chi connectivity index (χ0v) is 7.22. The lowest BCUT2D eigenvalue weighted by molar-refractivity contribution is 0.450. The largest absolute Gasteiger partial charge is 0.397 e. The van der Waals surface area contributed by atoms with Gasteiger partial charge in [0.05, 0.1) is 11.4 Å². The number of halogens is 1. The van der Waals surface area contributed by atoms with E-state index in [9.17, 15) is 0 Å². The minimum absolute atomic E-state index is 0.438. The van der Waals surface area contributed by atoms with E-state index in [1.165, 1.54) is 0 Å². The number of nitrogen functional groups attached to an aromatic ring is 1. The van der Waals surface area contributed by atoms with Gasteiger partial charge in [0.15, 0.2) is 5.58 Å². The highest BCUT2D eigenvalue weighted by Crippen LogP contribution is 2.30. The Balaban J connectivity index is 2.93. The molecule has 62 valence electrons. The van der Waals surface area contributed by atoms with Gasteiger partial charge in [-0.3, -0.25) is 0 Å². The van der Waals surface area contributed by atoms with Crippen molar-refractivity contribution < 1.29 is 4.52 Å². The highest BCUT2D eigenvalue weighted by molar-refractivity contribution is 6.37. The first-order chi connectivity index (χ1) is 5.70. The number of anilines is 1. The molecule has 0 saturated heterocycles. The molecule has 0 aliphatic heterocycles. The molecule has 2 N–H and O–H groups in total. The Morgan fingerprint density at radius 2 is 2.25 bits per heavy atom. The molecule has 2 aromatic rings. The number of fused-ring (bicyclic) bond motifs is 1. The molecule has 12 heavy (non-hydrogen) atoms. The van der Waals surface area contributed by atoms with Crippen molar-refractivity contribution in [3.05, 3.63) is 22.8 Å². The van der Waals surface area contributed by atoms with Gasteiger partial charge in [0.1, 0.15) is 5.02 Å². The lowest BCUT2D eigenvalue weighted by atomic mass is 10.2. The van der Waals surface area contributed by atoms with Crippen molar-refractivity contribution in [1.29, 1.82) is 0 Å². The van der Waals surface area contributed by atoms with E-state index in [-0.39, 0.29) is 0 Å². The number of aryl methyl sites for hydroxylation is 1. The van der Waals surface area contributed by atoms with Crippen LogP contribution in [0.4, 0.5) is 5.69 Å². The number of hydrogen-bond donors (Lipinski definition) is 1. The molecule has 4 heteroatoms. The summed E-state index contributed by atoms with van der Waals surface area (Å²) in [6, 6.07) is 3.59. The zero-order valence-electron chi connectivity index (χ0n) is 6.47. The van der Waals surface area contributed by atoms with Crippen molar-refractivity contribution in [2.24, 2.45) is 0 Å². The summed E-state index contributed by atoms with van der Waals surface area (Å²) in [6.07, 6.45) is 0. The average Bonchev–Trinajstić information content (AvgIpc) is 2.41. The van der Waals surface area contributed by atoms with Crippen LogP contribution < -0.4 is 5.73 Å². The molecule has 2 rings (SSSR count). The Kier molecular flexibility index (Phi) is 1.48. The molecule has 0 atom stereocenters. The van der Waals surface area contributed by atoms with Crippen molar-refractivity contribution in [1.82, 2.24) is 5.16 Å². The van der Waals surface area contributed by atoms with Crippen molar-refractivity contribution in [3.8, 4) is 0 Å². The molecule has 1 heterocycles. The van der Waals surface area contributed by atoms with Crippen LogP contribution in [0.3, 0.4) is 0 Å². The van der Waals surface area contributed by atoms with Gasteiger partial charge >= 0.3 is 0 Å². The summed E-state index contributed by atoms with van der Waals surface area (Å²) in [4.78, 5) is 0. The van der Waals surface area contributed by atoms with Crippen LogP contribution in [0.5, 0.6) is 0 Å².